The second-order valence-electron chi connectivity index (χ2n) is 6.31. The maximum Gasteiger partial charge on any atom is 0.224 e. The van der Waals surface area contributed by atoms with E-state index in [9.17, 15) is 4.79 Å². The largest absolute Gasteiger partial charge is 0.493 e. The zero-order valence-corrected chi connectivity index (χ0v) is 16.4. The van der Waals surface area contributed by atoms with Crippen LogP contribution in [0.25, 0.3) is 0 Å². The molecule has 0 atom stereocenters. The molecule has 0 aliphatic carbocycles. The van der Waals surface area contributed by atoms with Crippen LogP contribution in [0, 0.1) is 5.92 Å². The van der Waals surface area contributed by atoms with E-state index < -0.39 is 0 Å². The molecule has 0 radical (unpaired) electrons. The molecule has 0 saturated heterocycles. The number of anilines is 1. The highest BCUT2D eigenvalue weighted by Gasteiger charge is 2.06. The van der Waals surface area contributed by atoms with Crippen molar-refractivity contribution in [1.29, 1.82) is 0 Å². The highest BCUT2D eigenvalue weighted by Crippen LogP contribution is 2.27. The number of hydrogen-bond acceptors (Lipinski definition) is 3. The van der Waals surface area contributed by atoms with Crippen LogP contribution in [0.2, 0.25) is 10.0 Å². The fourth-order valence-corrected chi connectivity index (χ4v) is 2.62. The van der Waals surface area contributed by atoms with E-state index in [1.54, 1.807) is 18.2 Å². The van der Waals surface area contributed by atoms with Gasteiger partial charge in [-0.25, -0.2) is 0 Å². The van der Waals surface area contributed by atoms with Gasteiger partial charge >= 0.3 is 0 Å². The smallest absolute Gasteiger partial charge is 0.224 e. The Labute approximate surface area is 164 Å². The van der Waals surface area contributed by atoms with Crippen LogP contribution in [0.3, 0.4) is 0 Å². The molecular weight excluding hydrogens is 373 g/mol. The second-order valence-corrected chi connectivity index (χ2v) is 7.15. The van der Waals surface area contributed by atoms with Crippen molar-refractivity contribution >= 4 is 34.8 Å². The Balaban J connectivity index is 1.74. The molecule has 0 fully saturated rings. The number of nitrogens with one attached hydrogen (secondary N) is 1. The topological polar surface area (TPSA) is 47.6 Å². The fourth-order valence-electron chi connectivity index (χ4n) is 2.16. The van der Waals surface area contributed by atoms with Crippen molar-refractivity contribution in [2.24, 2.45) is 5.92 Å². The van der Waals surface area contributed by atoms with Gasteiger partial charge in [-0.05, 0) is 42.7 Å². The maximum atomic E-state index is 12.1. The zero-order valence-electron chi connectivity index (χ0n) is 14.9. The molecule has 1 amide bonds. The summed E-state index contributed by atoms with van der Waals surface area (Å²) in [5, 5.41) is 3.88. The van der Waals surface area contributed by atoms with Crippen LogP contribution in [-0.2, 0) is 4.79 Å². The average Bonchev–Trinajstić information content (AvgIpc) is 2.59. The molecule has 0 aromatic heterocycles. The Morgan fingerprint density at radius 1 is 1.12 bits per heavy atom. The summed E-state index contributed by atoms with van der Waals surface area (Å²) >= 11 is 11.9. The van der Waals surface area contributed by atoms with Crippen LogP contribution >= 0.6 is 23.2 Å². The summed E-state index contributed by atoms with van der Waals surface area (Å²) in [6.07, 6.45) is 0.927. The Morgan fingerprint density at radius 2 is 1.92 bits per heavy atom. The fraction of sp³-hybridized carbons (Fsp3) is 0.350. The van der Waals surface area contributed by atoms with Crippen molar-refractivity contribution in [3.05, 3.63) is 52.5 Å². The number of ether oxygens (including phenoxy) is 2. The van der Waals surface area contributed by atoms with Gasteiger partial charge in [0.25, 0.3) is 0 Å². The van der Waals surface area contributed by atoms with Gasteiger partial charge in [0.15, 0.2) is 0 Å². The van der Waals surface area contributed by atoms with Crippen molar-refractivity contribution < 1.29 is 14.3 Å². The van der Waals surface area contributed by atoms with Gasteiger partial charge in [-0.15, -0.1) is 0 Å². The van der Waals surface area contributed by atoms with Crippen LogP contribution in [0.5, 0.6) is 11.5 Å². The lowest BCUT2D eigenvalue weighted by Crippen LogP contribution is -2.13. The minimum Gasteiger partial charge on any atom is -0.493 e. The molecule has 0 unspecified atom stereocenters. The van der Waals surface area contributed by atoms with Gasteiger partial charge in [-0.2, -0.15) is 0 Å². The van der Waals surface area contributed by atoms with E-state index in [1.807, 2.05) is 24.3 Å². The van der Waals surface area contributed by atoms with Gasteiger partial charge in [-0.1, -0.05) is 43.1 Å². The van der Waals surface area contributed by atoms with Crippen LogP contribution < -0.4 is 14.8 Å². The molecule has 4 nitrogen and oxygen atoms in total. The lowest BCUT2D eigenvalue weighted by Gasteiger charge is -2.11. The third kappa shape index (κ3) is 7.14. The Hall–Kier alpha value is -1.91. The number of rotatable bonds is 9. The summed E-state index contributed by atoms with van der Waals surface area (Å²) < 4.78 is 11.2. The minimum absolute atomic E-state index is 0.0724. The predicted molar refractivity (Wildman–Crippen MR) is 107 cm³/mol. The number of halogens is 2. The first-order valence-corrected chi connectivity index (χ1v) is 9.30. The molecule has 0 spiro atoms. The summed E-state index contributed by atoms with van der Waals surface area (Å²) in [7, 11) is 0. The molecule has 26 heavy (non-hydrogen) atoms. The van der Waals surface area contributed by atoms with E-state index in [0.29, 0.717) is 47.8 Å². The Bertz CT molecular complexity index is 735. The lowest BCUT2D eigenvalue weighted by molar-refractivity contribution is -0.116. The number of hydrogen-bond donors (Lipinski definition) is 1. The van der Waals surface area contributed by atoms with Gasteiger partial charge in [-0.3, -0.25) is 4.79 Å². The predicted octanol–water partition coefficient (Wildman–Crippen LogP) is 5.83. The number of amides is 1. The molecule has 0 saturated carbocycles. The Morgan fingerprint density at radius 3 is 2.65 bits per heavy atom. The molecule has 1 N–H and O–H groups in total. The molecule has 0 aliphatic heterocycles. The normalized spacial score (nSPS) is 10.7. The van der Waals surface area contributed by atoms with E-state index >= 15 is 0 Å². The maximum absolute atomic E-state index is 12.1. The number of benzene rings is 2. The van der Waals surface area contributed by atoms with Crippen LogP contribution in [-0.4, -0.2) is 19.1 Å². The van der Waals surface area contributed by atoms with Gasteiger partial charge in [0.05, 0.1) is 18.2 Å². The highest BCUT2D eigenvalue weighted by atomic mass is 35.5. The van der Waals surface area contributed by atoms with E-state index in [2.05, 4.69) is 19.2 Å². The van der Waals surface area contributed by atoms with Crippen LogP contribution in [0.1, 0.15) is 26.7 Å². The zero-order chi connectivity index (χ0) is 18.9. The summed E-state index contributed by atoms with van der Waals surface area (Å²) in [5.41, 5.74) is 0.720. The standard InChI is InChI=1S/C20H23Cl2NO3/c1-14(2)13-26-17-6-3-5-16(12-17)23-20(24)7-4-10-25-19-9-8-15(21)11-18(19)22/h3,5-6,8-9,11-12,14H,4,7,10,13H2,1-2H3,(H,23,24). The molecule has 2 aromatic carbocycles. The van der Waals surface area contributed by atoms with E-state index in [4.69, 9.17) is 32.7 Å². The highest BCUT2D eigenvalue weighted by molar-refractivity contribution is 6.35. The molecule has 0 heterocycles. The van der Waals surface area contributed by atoms with Gasteiger partial charge in [0.1, 0.15) is 11.5 Å². The van der Waals surface area contributed by atoms with E-state index in [1.165, 1.54) is 0 Å². The van der Waals surface area contributed by atoms with Crippen molar-refractivity contribution in [3.8, 4) is 11.5 Å². The van der Waals surface area contributed by atoms with E-state index in [0.717, 1.165) is 11.4 Å². The molecule has 2 aromatic rings. The Kier molecular flexibility index (Phi) is 8.07. The first-order valence-electron chi connectivity index (χ1n) is 8.54. The lowest BCUT2D eigenvalue weighted by atomic mass is 10.2. The molecule has 2 rings (SSSR count). The van der Waals surface area contributed by atoms with Gasteiger partial charge in [0, 0.05) is 23.2 Å². The van der Waals surface area contributed by atoms with Crippen LogP contribution in [0.4, 0.5) is 5.69 Å². The van der Waals surface area contributed by atoms with Crippen molar-refractivity contribution in [2.75, 3.05) is 18.5 Å². The molecule has 0 aliphatic rings. The third-order valence-electron chi connectivity index (χ3n) is 3.40. The molecule has 6 heteroatoms. The first-order chi connectivity index (χ1) is 12.4. The van der Waals surface area contributed by atoms with Crippen LogP contribution in [0.15, 0.2) is 42.5 Å². The number of carbonyl (C=O) groups is 1. The second kappa shape index (κ2) is 10.3. The average molecular weight is 396 g/mol. The van der Waals surface area contributed by atoms with E-state index in [-0.39, 0.29) is 5.91 Å². The number of carbonyl (C=O) groups excluding carboxylic acids is 1. The SMILES string of the molecule is CC(C)COc1cccc(NC(=O)CCCOc2ccc(Cl)cc2Cl)c1. The van der Waals surface area contributed by atoms with Crippen molar-refractivity contribution in [2.45, 2.75) is 26.7 Å². The van der Waals surface area contributed by atoms with Gasteiger partial charge in [0.2, 0.25) is 5.91 Å². The quantitative estimate of drug-likeness (QED) is 0.543. The van der Waals surface area contributed by atoms with Crippen molar-refractivity contribution in [3.63, 3.8) is 0 Å². The minimum atomic E-state index is -0.0724. The molecule has 140 valence electrons. The van der Waals surface area contributed by atoms with Crippen molar-refractivity contribution in [1.82, 2.24) is 0 Å². The third-order valence-corrected chi connectivity index (χ3v) is 3.93. The summed E-state index contributed by atoms with van der Waals surface area (Å²) in [4.78, 5) is 12.1. The monoisotopic (exact) mass is 395 g/mol. The summed E-state index contributed by atoms with van der Waals surface area (Å²) in [6.45, 7) is 5.21. The summed E-state index contributed by atoms with van der Waals surface area (Å²) in [6, 6.07) is 12.4. The van der Waals surface area contributed by atoms with Gasteiger partial charge < -0.3 is 14.8 Å². The molecular formula is C20H23Cl2NO3. The summed E-state index contributed by atoms with van der Waals surface area (Å²) in [5.74, 6) is 1.68. The first kappa shape index (κ1) is 20.4. The molecule has 0 bridgehead atoms.